The topological polar surface area (TPSA) is 120 Å². The Kier molecular flexibility index (Phi) is 11.9. The molecule has 0 saturated carbocycles. The Morgan fingerprint density at radius 2 is 1.63 bits per heavy atom. The lowest BCUT2D eigenvalue weighted by atomic mass is 9.96. The number of ether oxygens (including phenoxy) is 1. The summed E-state index contributed by atoms with van der Waals surface area (Å²) in [6, 6.07) is 22.6. The minimum Gasteiger partial charge on any atom is -0.483 e. The van der Waals surface area contributed by atoms with Crippen molar-refractivity contribution in [2.24, 2.45) is 5.92 Å². The van der Waals surface area contributed by atoms with Gasteiger partial charge in [0.05, 0.1) is 6.04 Å². The van der Waals surface area contributed by atoms with Crippen LogP contribution in [0.3, 0.4) is 0 Å². The van der Waals surface area contributed by atoms with E-state index in [1.54, 1.807) is 29.3 Å². The van der Waals surface area contributed by atoms with Gasteiger partial charge in [0.2, 0.25) is 23.6 Å². The van der Waals surface area contributed by atoms with Gasteiger partial charge in [0.1, 0.15) is 23.9 Å². The van der Waals surface area contributed by atoms with E-state index in [4.69, 9.17) is 4.74 Å². The second-order valence-electron chi connectivity index (χ2n) is 13.1. The summed E-state index contributed by atoms with van der Waals surface area (Å²) >= 11 is 0. The number of likely N-dealkylation sites (tertiary alicyclic amines) is 1. The largest absolute Gasteiger partial charge is 0.483 e. The molecule has 3 aromatic rings. The van der Waals surface area contributed by atoms with Crippen molar-refractivity contribution in [2.45, 2.75) is 69.8 Å². The molecule has 0 unspecified atom stereocenters. The fraction of sp³-hybridized carbons (Fsp3) is 0.385. The van der Waals surface area contributed by atoms with Crippen molar-refractivity contribution in [1.82, 2.24) is 25.8 Å². The number of hydrogen-bond donors (Lipinski definition) is 3. The van der Waals surface area contributed by atoms with Crippen molar-refractivity contribution in [3.05, 3.63) is 108 Å². The van der Waals surface area contributed by atoms with Crippen LogP contribution in [0.5, 0.6) is 5.75 Å². The number of nitrogens with zero attached hydrogens (tertiary/aromatic N) is 2. The summed E-state index contributed by atoms with van der Waals surface area (Å²) < 4.78 is 6.53. The van der Waals surface area contributed by atoms with Gasteiger partial charge in [-0.15, -0.1) is 0 Å². The van der Waals surface area contributed by atoms with E-state index in [2.05, 4.69) is 16.0 Å². The first-order valence-electron chi connectivity index (χ1n) is 17.1. The van der Waals surface area contributed by atoms with E-state index in [9.17, 15) is 19.2 Å². The quantitative estimate of drug-likeness (QED) is 0.317. The first-order valence-corrected chi connectivity index (χ1v) is 17.1. The van der Waals surface area contributed by atoms with Gasteiger partial charge in [0.25, 0.3) is 0 Å². The molecule has 3 aliphatic rings. The number of carbonyl (C=O) groups excluding carboxylic acids is 4. The van der Waals surface area contributed by atoms with Gasteiger partial charge >= 0.3 is 0 Å². The molecule has 1 saturated heterocycles. The average Bonchev–Trinajstić information content (AvgIpc) is 3.61. The normalized spacial score (nSPS) is 23.1. The third-order valence-corrected chi connectivity index (χ3v) is 9.40. The zero-order chi connectivity index (χ0) is 34.9. The highest BCUT2D eigenvalue weighted by atomic mass is 16.5. The molecule has 0 spiro atoms. The van der Waals surface area contributed by atoms with Gasteiger partial charge in [-0.1, -0.05) is 93.1 Å². The van der Waals surface area contributed by atoms with Gasteiger partial charge in [-0.05, 0) is 67.8 Å². The monoisotopic (exact) mass is 665 g/mol. The Morgan fingerprint density at radius 1 is 0.959 bits per heavy atom. The van der Waals surface area contributed by atoms with Gasteiger partial charge < -0.3 is 25.6 Å². The predicted molar refractivity (Wildman–Crippen MR) is 189 cm³/mol. The first-order chi connectivity index (χ1) is 23.7. The summed E-state index contributed by atoms with van der Waals surface area (Å²) in [5, 5.41) is 8.73. The van der Waals surface area contributed by atoms with Gasteiger partial charge in [-0.2, -0.15) is 0 Å². The number of rotatable bonds is 9. The van der Waals surface area contributed by atoms with E-state index in [1.807, 2.05) is 106 Å². The van der Waals surface area contributed by atoms with Crippen molar-refractivity contribution < 1.29 is 23.9 Å². The van der Waals surface area contributed by atoms with Crippen LogP contribution >= 0.6 is 0 Å². The molecular formula is C39H47N5O5. The Morgan fingerprint density at radius 3 is 2.29 bits per heavy atom. The zero-order valence-corrected chi connectivity index (χ0v) is 28.7. The fourth-order valence-corrected chi connectivity index (χ4v) is 6.61. The van der Waals surface area contributed by atoms with Gasteiger partial charge in [-0.3, -0.25) is 24.1 Å². The lowest BCUT2D eigenvalue weighted by Gasteiger charge is -2.35. The smallest absolute Gasteiger partial charge is 0.247 e. The van der Waals surface area contributed by atoms with Crippen molar-refractivity contribution in [2.75, 3.05) is 20.6 Å². The predicted octanol–water partition coefficient (Wildman–Crippen LogP) is 4.09. The highest BCUT2D eigenvalue weighted by Gasteiger charge is 2.42. The number of benzene rings is 3. The average molecular weight is 666 g/mol. The van der Waals surface area contributed by atoms with Crippen LogP contribution in [0.2, 0.25) is 0 Å². The molecule has 6 atom stereocenters. The molecule has 1 fully saturated rings. The molecule has 3 aromatic carbocycles. The molecular weight excluding hydrogens is 618 g/mol. The number of nitrogens with one attached hydrogen (secondary N) is 3. The van der Waals surface area contributed by atoms with Crippen LogP contribution in [0.15, 0.2) is 91.1 Å². The lowest BCUT2D eigenvalue weighted by Crippen LogP contribution is -2.60. The van der Waals surface area contributed by atoms with E-state index in [1.165, 1.54) is 0 Å². The van der Waals surface area contributed by atoms with E-state index in [0.29, 0.717) is 30.7 Å². The van der Waals surface area contributed by atoms with E-state index >= 15 is 0 Å². The highest BCUT2D eigenvalue weighted by molar-refractivity contribution is 5.96. The van der Waals surface area contributed by atoms with Crippen molar-refractivity contribution in [1.29, 1.82) is 0 Å². The van der Waals surface area contributed by atoms with Gasteiger partial charge in [0, 0.05) is 19.2 Å². The minimum atomic E-state index is -1.25. The third kappa shape index (κ3) is 8.75. The summed E-state index contributed by atoms with van der Waals surface area (Å²) in [6.07, 6.45) is 4.52. The highest BCUT2D eigenvalue weighted by Crippen LogP contribution is 2.28. The van der Waals surface area contributed by atoms with E-state index in [0.717, 1.165) is 17.5 Å². The summed E-state index contributed by atoms with van der Waals surface area (Å²) in [5.41, 5.74) is 2.36. The maximum atomic E-state index is 14.5. The van der Waals surface area contributed by atoms with Crippen LogP contribution in [-0.2, 0) is 25.6 Å². The number of carbonyl (C=O) groups is 4. The van der Waals surface area contributed by atoms with Crippen molar-refractivity contribution >= 4 is 29.7 Å². The Hall–Kier alpha value is -4.96. The Balaban J connectivity index is 1.52. The number of likely N-dealkylation sites (N-methyl/N-ethyl adjacent to an activating group) is 1. The second-order valence-corrected chi connectivity index (χ2v) is 13.1. The minimum absolute atomic E-state index is 0.0852. The maximum absolute atomic E-state index is 14.5. The molecule has 3 N–H and O–H groups in total. The Labute approximate surface area is 288 Å². The summed E-state index contributed by atoms with van der Waals surface area (Å²) in [5.74, 6) is -0.951. The fourth-order valence-electron chi connectivity index (χ4n) is 6.61. The zero-order valence-electron chi connectivity index (χ0n) is 28.7. The molecule has 10 heteroatoms. The molecule has 0 radical (unpaired) electrons. The van der Waals surface area contributed by atoms with Gasteiger partial charge in [0.15, 0.2) is 6.10 Å². The molecule has 49 heavy (non-hydrogen) atoms. The number of amides is 4. The van der Waals surface area contributed by atoms with E-state index < -0.39 is 42.0 Å². The molecule has 0 aliphatic carbocycles. The van der Waals surface area contributed by atoms with Crippen LogP contribution in [0, 0.1) is 5.92 Å². The van der Waals surface area contributed by atoms with E-state index in [-0.39, 0.29) is 24.3 Å². The van der Waals surface area contributed by atoms with Crippen LogP contribution in [0.4, 0.5) is 0 Å². The lowest BCUT2D eigenvalue weighted by molar-refractivity contribution is -0.144. The van der Waals surface area contributed by atoms with Crippen LogP contribution in [-0.4, -0.2) is 78.2 Å². The summed E-state index contributed by atoms with van der Waals surface area (Å²) in [4.78, 5) is 59.8. The third-order valence-electron chi connectivity index (χ3n) is 9.40. The van der Waals surface area contributed by atoms with Crippen LogP contribution in [0.25, 0.3) is 6.08 Å². The number of fused-ring (bicyclic) bond motifs is 10. The molecule has 4 amide bonds. The second kappa shape index (κ2) is 16.4. The molecule has 258 valence electrons. The van der Waals surface area contributed by atoms with Gasteiger partial charge in [-0.25, -0.2) is 0 Å². The standard InChI is InChI=1S/C39H47N5O5/c1-5-26(2)34(43(3)4)39(48)44-24-12-17-32(44)37(46)42-33-35(29-15-10-7-11-16-29)49-30-20-18-27(19-21-30)22-23-40-36(45)31(41-38(33)47)25-28-13-8-6-9-14-28/h6-11,13-16,18-23,26,31-35H,5,12,17,24-25H2,1-4H3,(H,40,45)(H,41,47)(H,42,46)/b23-22+/t26-,31-,32-,33-,34+,35-/m1/s1. The molecule has 6 rings (SSSR count). The molecule has 10 nitrogen and oxygen atoms in total. The summed E-state index contributed by atoms with van der Waals surface area (Å²) in [6.45, 7) is 4.54. The maximum Gasteiger partial charge on any atom is 0.247 e. The molecule has 0 aromatic heterocycles. The number of hydrogen-bond acceptors (Lipinski definition) is 6. The summed E-state index contributed by atoms with van der Waals surface area (Å²) in [7, 11) is 3.76. The first kappa shape index (κ1) is 35.3. The Bertz CT molecular complexity index is 1610. The molecule has 3 heterocycles. The van der Waals surface area contributed by atoms with Crippen LogP contribution < -0.4 is 20.7 Å². The van der Waals surface area contributed by atoms with Crippen LogP contribution in [0.1, 0.15) is 55.9 Å². The molecule has 2 bridgehead atoms. The molecule has 3 aliphatic heterocycles. The van der Waals surface area contributed by atoms with Crippen molar-refractivity contribution in [3.63, 3.8) is 0 Å². The SMILES string of the molecule is CC[C@@H](C)[C@@H](C(=O)N1CCC[C@@H]1C(=O)N[C@H]1C(=O)N[C@H](Cc2ccccc2)C(=O)N/C=C/c2ccc(cc2)O[C@@H]1c1ccccc1)N(C)C. The van der Waals surface area contributed by atoms with Crippen molar-refractivity contribution in [3.8, 4) is 5.75 Å².